The van der Waals surface area contributed by atoms with Crippen molar-refractivity contribution in [2.75, 3.05) is 17.2 Å². The second kappa shape index (κ2) is 5.64. The second-order valence-corrected chi connectivity index (χ2v) is 6.85. The lowest BCUT2D eigenvalue weighted by Gasteiger charge is -2.31. The first-order valence-electron chi connectivity index (χ1n) is 8.57. The van der Waals surface area contributed by atoms with E-state index in [0.717, 1.165) is 55.5 Å². The molecular formula is C18H22N2O3. The molecule has 1 spiro atoms. The van der Waals surface area contributed by atoms with Crippen LogP contribution in [0.15, 0.2) is 18.2 Å². The van der Waals surface area contributed by atoms with Crippen LogP contribution in [0.5, 0.6) is 0 Å². The minimum absolute atomic E-state index is 0.0857. The number of hydrogen-bond acceptors (Lipinski definition) is 3. The van der Waals surface area contributed by atoms with Crippen molar-refractivity contribution in [3.05, 3.63) is 23.8 Å². The Morgan fingerprint density at radius 3 is 2.78 bits per heavy atom. The van der Waals surface area contributed by atoms with Crippen molar-refractivity contribution in [1.82, 2.24) is 0 Å². The van der Waals surface area contributed by atoms with Crippen LogP contribution in [0.2, 0.25) is 0 Å². The molecule has 1 aromatic rings. The summed E-state index contributed by atoms with van der Waals surface area (Å²) in [6.07, 6.45) is 6.53. The lowest BCUT2D eigenvalue weighted by molar-refractivity contribution is -0.124. The van der Waals surface area contributed by atoms with Gasteiger partial charge in [-0.2, -0.15) is 0 Å². The Balaban J connectivity index is 1.60. The Morgan fingerprint density at radius 1 is 1.22 bits per heavy atom. The third-order valence-electron chi connectivity index (χ3n) is 5.41. The molecule has 5 nitrogen and oxygen atoms in total. The molecule has 3 aliphatic rings. The molecule has 1 aliphatic carbocycles. The van der Waals surface area contributed by atoms with E-state index in [1.165, 1.54) is 6.42 Å². The Morgan fingerprint density at radius 2 is 2.04 bits per heavy atom. The van der Waals surface area contributed by atoms with Crippen LogP contribution in [-0.2, 0) is 19.7 Å². The number of ether oxygens (including phenoxy) is 1. The highest BCUT2D eigenvalue weighted by molar-refractivity contribution is 6.07. The van der Waals surface area contributed by atoms with E-state index in [2.05, 4.69) is 10.6 Å². The lowest BCUT2D eigenvalue weighted by atomic mass is 9.70. The van der Waals surface area contributed by atoms with Gasteiger partial charge in [0.15, 0.2) is 0 Å². The van der Waals surface area contributed by atoms with Crippen molar-refractivity contribution in [3.8, 4) is 0 Å². The first-order chi connectivity index (χ1) is 11.2. The third-order valence-corrected chi connectivity index (χ3v) is 5.41. The highest BCUT2D eigenvalue weighted by Gasteiger charge is 2.47. The molecule has 122 valence electrons. The van der Waals surface area contributed by atoms with Gasteiger partial charge in [-0.3, -0.25) is 9.59 Å². The smallest absolute Gasteiger partial charge is 0.253 e. The predicted molar refractivity (Wildman–Crippen MR) is 87.4 cm³/mol. The third kappa shape index (κ3) is 2.43. The highest BCUT2D eigenvalue weighted by Crippen LogP contribution is 2.48. The summed E-state index contributed by atoms with van der Waals surface area (Å²) in [6, 6.07) is 5.74. The maximum absolute atomic E-state index is 12.5. The van der Waals surface area contributed by atoms with E-state index >= 15 is 0 Å². The van der Waals surface area contributed by atoms with Gasteiger partial charge in [-0.05, 0) is 49.4 Å². The van der Waals surface area contributed by atoms with Gasteiger partial charge in [0.05, 0.1) is 5.41 Å². The normalized spacial score (nSPS) is 25.2. The van der Waals surface area contributed by atoms with Gasteiger partial charge in [-0.15, -0.1) is 0 Å². The topological polar surface area (TPSA) is 67.4 Å². The molecule has 1 saturated carbocycles. The first kappa shape index (κ1) is 14.7. The van der Waals surface area contributed by atoms with E-state index in [0.29, 0.717) is 6.61 Å². The average Bonchev–Trinajstić information content (AvgIpc) is 3.18. The number of benzene rings is 1. The van der Waals surface area contributed by atoms with Crippen molar-refractivity contribution in [1.29, 1.82) is 0 Å². The predicted octanol–water partition coefficient (Wildman–Crippen LogP) is 2.96. The second-order valence-electron chi connectivity index (χ2n) is 6.85. The summed E-state index contributed by atoms with van der Waals surface area (Å²) in [5, 5.41) is 5.96. The average molecular weight is 314 g/mol. The molecule has 2 heterocycles. The zero-order valence-electron chi connectivity index (χ0n) is 13.2. The molecule has 0 radical (unpaired) electrons. The zero-order chi connectivity index (χ0) is 15.9. The van der Waals surface area contributed by atoms with Gasteiger partial charge >= 0.3 is 0 Å². The van der Waals surface area contributed by atoms with Crippen molar-refractivity contribution >= 4 is 23.2 Å². The van der Waals surface area contributed by atoms with E-state index in [9.17, 15) is 9.59 Å². The molecule has 0 bridgehead atoms. The molecule has 2 fully saturated rings. The van der Waals surface area contributed by atoms with Gasteiger partial charge < -0.3 is 15.4 Å². The maximum atomic E-state index is 12.5. The molecule has 2 N–H and O–H groups in total. The number of nitrogens with one attached hydrogen (secondary N) is 2. The summed E-state index contributed by atoms with van der Waals surface area (Å²) < 4.78 is 5.43. The van der Waals surface area contributed by atoms with Gasteiger partial charge in [0.25, 0.3) is 5.91 Å². The number of fused-ring (bicyclic) bond motifs is 2. The summed E-state index contributed by atoms with van der Waals surface area (Å²) in [4.78, 5) is 24.8. The van der Waals surface area contributed by atoms with E-state index in [1.807, 2.05) is 18.2 Å². The molecule has 5 heteroatoms. The van der Waals surface area contributed by atoms with Crippen molar-refractivity contribution in [2.45, 2.75) is 56.5 Å². The van der Waals surface area contributed by atoms with Crippen LogP contribution in [0.1, 0.15) is 50.5 Å². The molecule has 1 atom stereocenters. The molecule has 1 unspecified atom stereocenters. The van der Waals surface area contributed by atoms with Gasteiger partial charge in [0.1, 0.15) is 6.10 Å². The van der Waals surface area contributed by atoms with E-state index in [-0.39, 0.29) is 17.9 Å². The van der Waals surface area contributed by atoms with Crippen molar-refractivity contribution < 1.29 is 14.3 Å². The number of hydrogen-bond donors (Lipinski definition) is 2. The van der Waals surface area contributed by atoms with E-state index < -0.39 is 5.41 Å². The Labute approximate surface area is 135 Å². The maximum Gasteiger partial charge on any atom is 0.253 e. The molecule has 2 amide bonds. The van der Waals surface area contributed by atoms with E-state index in [1.54, 1.807) is 0 Å². The largest absolute Gasteiger partial charge is 0.368 e. The SMILES string of the molecule is O=C(Nc1ccc2c(c1)C1(CCCCC1)C(=O)N2)C1CCCO1. The summed E-state index contributed by atoms with van der Waals surface area (Å²) in [6.45, 7) is 0.657. The molecule has 0 aromatic heterocycles. The Bertz CT molecular complexity index is 644. The van der Waals surface area contributed by atoms with Crippen molar-refractivity contribution in [2.24, 2.45) is 0 Å². The molecule has 2 aliphatic heterocycles. The van der Waals surface area contributed by atoms with Gasteiger partial charge in [-0.25, -0.2) is 0 Å². The van der Waals surface area contributed by atoms with Crippen LogP contribution >= 0.6 is 0 Å². The lowest BCUT2D eigenvalue weighted by Crippen LogP contribution is -2.36. The fourth-order valence-corrected chi connectivity index (χ4v) is 4.15. The number of anilines is 2. The standard InChI is InChI=1S/C18H22N2O3/c21-16(15-5-4-10-23-15)19-12-6-7-14-13(11-12)18(17(22)20-14)8-2-1-3-9-18/h6-7,11,15H,1-5,8-10H2,(H,19,21)(H,20,22). The van der Waals surface area contributed by atoms with Gasteiger partial charge in [0.2, 0.25) is 5.91 Å². The fraction of sp³-hybridized carbons (Fsp3) is 0.556. The summed E-state index contributed by atoms with van der Waals surface area (Å²) >= 11 is 0. The Kier molecular flexibility index (Phi) is 3.60. The van der Waals surface area contributed by atoms with Crippen LogP contribution in [0.25, 0.3) is 0 Å². The minimum Gasteiger partial charge on any atom is -0.368 e. The van der Waals surface area contributed by atoms with Crippen LogP contribution in [0, 0.1) is 0 Å². The number of rotatable bonds is 2. The highest BCUT2D eigenvalue weighted by atomic mass is 16.5. The van der Waals surface area contributed by atoms with Crippen LogP contribution in [0.4, 0.5) is 11.4 Å². The summed E-state index contributed by atoms with van der Waals surface area (Å²) in [5.41, 5.74) is 2.31. The van der Waals surface area contributed by atoms with E-state index in [4.69, 9.17) is 4.74 Å². The summed E-state index contributed by atoms with van der Waals surface area (Å²) in [5.74, 6) is 0.0345. The molecule has 1 saturated heterocycles. The van der Waals surface area contributed by atoms with Crippen molar-refractivity contribution in [3.63, 3.8) is 0 Å². The summed E-state index contributed by atoms with van der Waals surface area (Å²) in [7, 11) is 0. The minimum atomic E-state index is -0.391. The number of carbonyl (C=O) groups is 2. The molecular weight excluding hydrogens is 292 g/mol. The number of carbonyl (C=O) groups excluding carboxylic acids is 2. The van der Waals surface area contributed by atoms with Crippen LogP contribution < -0.4 is 10.6 Å². The van der Waals surface area contributed by atoms with Crippen LogP contribution in [-0.4, -0.2) is 24.5 Å². The Hall–Kier alpha value is -1.88. The molecule has 4 rings (SSSR count). The fourth-order valence-electron chi connectivity index (χ4n) is 4.15. The quantitative estimate of drug-likeness (QED) is 0.882. The molecule has 23 heavy (non-hydrogen) atoms. The zero-order valence-corrected chi connectivity index (χ0v) is 13.2. The monoisotopic (exact) mass is 314 g/mol. The molecule has 1 aromatic carbocycles. The van der Waals surface area contributed by atoms with Crippen LogP contribution in [0.3, 0.4) is 0 Å². The van der Waals surface area contributed by atoms with Gasteiger partial charge in [-0.1, -0.05) is 19.3 Å². The first-order valence-corrected chi connectivity index (χ1v) is 8.57. The van der Waals surface area contributed by atoms with Gasteiger partial charge in [0, 0.05) is 18.0 Å². The number of amides is 2.